The number of rotatable bonds is 5. The lowest BCUT2D eigenvalue weighted by Crippen LogP contribution is -2.49. The minimum Gasteiger partial charge on any atom is -0.353 e. The highest BCUT2D eigenvalue weighted by atomic mass is 79.9. The van der Waals surface area contributed by atoms with Crippen molar-refractivity contribution in [1.29, 1.82) is 0 Å². The van der Waals surface area contributed by atoms with Crippen LogP contribution in [0.15, 0.2) is 70.8 Å². The monoisotopic (exact) mass is 507 g/mol. The van der Waals surface area contributed by atoms with Gasteiger partial charge in [-0.1, -0.05) is 46.3 Å². The highest BCUT2D eigenvalue weighted by Crippen LogP contribution is 2.37. The topological polar surface area (TPSA) is 61.4 Å². The van der Waals surface area contributed by atoms with Gasteiger partial charge < -0.3 is 10.2 Å². The molecule has 0 bridgehead atoms. The zero-order valence-corrected chi connectivity index (χ0v) is 19.8. The zero-order chi connectivity index (χ0) is 21.9. The van der Waals surface area contributed by atoms with Crippen molar-refractivity contribution in [2.75, 3.05) is 42.9 Å². The number of anilines is 2. The summed E-state index contributed by atoms with van der Waals surface area (Å²) in [5, 5.41) is 6.25. The van der Waals surface area contributed by atoms with Crippen LogP contribution in [0.4, 0.5) is 11.5 Å². The third kappa shape index (κ3) is 4.53. The lowest BCUT2D eigenvalue weighted by molar-refractivity contribution is -0.117. The zero-order valence-electron chi connectivity index (χ0n) is 17.4. The molecule has 2 aromatic heterocycles. The summed E-state index contributed by atoms with van der Waals surface area (Å²) in [7, 11) is 0. The van der Waals surface area contributed by atoms with Crippen LogP contribution in [-0.4, -0.2) is 53.5 Å². The quantitative estimate of drug-likeness (QED) is 0.417. The molecule has 0 aliphatic carbocycles. The second-order valence-electron chi connectivity index (χ2n) is 7.71. The molecule has 5 rings (SSSR count). The molecular weight excluding hydrogens is 486 g/mol. The standard InChI is InChI=1S/C24H22BrN5OS/c25-18-6-8-19(9-7-18)28-21(31)14-29-10-12-30(13-11-29)23-22-20(17-4-2-1-3-5-17)15-32-24(22)27-16-26-23/h1-9,15-16H,10-14H2,(H,28,31). The molecule has 1 fully saturated rings. The number of benzene rings is 2. The van der Waals surface area contributed by atoms with Crippen molar-refractivity contribution in [1.82, 2.24) is 14.9 Å². The van der Waals surface area contributed by atoms with E-state index in [1.165, 1.54) is 11.1 Å². The van der Waals surface area contributed by atoms with Gasteiger partial charge in [0.05, 0.1) is 11.9 Å². The molecule has 0 unspecified atom stereocenters. The van der Waals surface area contributed by atoms with E-state index in [9.17, 15) is 4.79 Å². The van der Waals surface area contributed by atoms with Crippen LogP contribution in [0.5, 0.6) is 0 Å². The number of hydrogen-bond acceptors (Lipinski definition) is 6. The van der Waals surface area contributed by atoms with Gasteiger partial charge in [-0.25, -0.2) is 9.97 Å². The van der Waals surface area contributed by atoms with E-state index >= 15 is 0 Å². The molecule has 3 heterocycles. The highest BCUT2D eigenvalue weighted by Gasteiger charge is 2.23. The van der Waals surface area contributed by atoms with Crippen molar-refractivity contribution in [2.45, 2.75) is 0 Å². The van der Waals surface area contributed by atoms with Crippen molar-refractivity contribution < 1.29 is 4.79 Å². The molecule has 0 saturated carbocycles. The average Bonchev–Trinajstić information content (AvgIpc) is 3.26. The number of fused-ring (bicyclic) bond motifs is 1. The van der Waals surface area contributed by atoms with Gasteiger partial charge in [0.1, 0.15) is 17.0 Å². The Morgan fingerprint density at radius 2 is 1.75 bits per heavy atom. The van der Waals surface area contributed by atoms with Gasteiger partial charge >= 0.3 is 0 Å². The molecule has 0 radical (unpaired) electrons. The fraction of sp³-hybridized carbons (Fsp3) is 0.208. The molecule has 1 saturated heterocycles. The number of carbonyl (C=O) groups excluding carboxylic acids is 1. The number of piperazine rings is 1. The lowest BCUT2D eigenvalue weighted by Gasteiger charge is -2.35. The second-order valence-corrected chi connectivity index (χ2v) is 9.48. The van der Waals surface area contributed by atoms with Gasteiger partial charge in [0.25, 0.3) is 0 Å². The number of halogens is 1. The molecule has 4 aromatic rings. The van der Waals surface area contributed by atoms with Crippen molar-refractivity contribution >= 4 is 54.9 Å². The van der Waals surface area contributed by atoms with Crippen LogP contribution in [-0.2, 0) is 4.79 Å². The number of carbonyl (C=O) groups is 1. The fourth-order valence-electron chi connectivity index (χ4n) is 3.98. The van der Waals surface area contributed by atoms with E-state index in [-0.39, 0.29) is 5.91 Å². The molecule has 2 aromatic carbocycles. The summed E-state index contributed by atoms with van der Waals surface area (Å²) in [4.78, 5) is 27.1. The highest BCUT2D eigenvalue weighted by molar-refractivity contribution is 9.10. The first-order valence-corrected chi connectivity index (χ1v) is 12.1. The Bertz CT molecular complexity index is 1220. The minimum absolute atomic E-state index is 0.00870. The van der Waals surface area contributed by atoms with E-state index in [1.807, 2.05) is 30.3 Å². The Labute approximate surface area is 199 Å². The van der Waals surface area contributed by atoms with Gasteiger partial charge in [0, 0.05) is 47.3 Å². The third-order valence-corrected chi connectivity index (χ3v) is 7.02. The third-order valence-electron chi connectivity index (χ3n) is 5.60. The Morgan fingerprint density at radius 3 is 2.50 bits per heavy atom. The largest absolute Gasteiger partial charge is 0.353 e. The number of thiophene rings is 1. The molecule has 1 amide bonds. The molecule has 1 aliphatic heterocycles. The smallest absolute Gasteiger partial charge is 0.238 e. The summed E-state index contributed by atoms with van der Waals surface area (Å²) >= 11 is 5.07. The number of nitrogens with zero attached hydrogens (tertiary/aromatic N) is 4. The van der Waals surface area contributed by atoms with Crippen LogP contribution in [0, 0.1) is 0 Å². The van der Waals surface area contributed by atoms with Crippen LogP contribution >= 0.6 is 27.3 Å². The van der Waals surface area contributed by atoms with Crippen LogP contribution in [0.25, 0.3) is 21.3 Å². The van der Waals surface area contributed by atoms with E-state index in [1.54, 1.807) is 17.7 Å². The second kappa shape index (κ2) is 9.36. The average molecular weight is 508 g/mol. The number of hydrogen-bond donors (Lipinski definition) is 1. The molecule has 1 N–H and O–H groups in total. The van der Waals surface area contributed by atoms with E-state index in [0.717, 1.165) is 52.4 Å². The summed E-state index contributed by atoms with van der Waals surface area (Å²) in [6, 6.07) is 18.0. The Balaban J connectivity index is 1.27. The van der Waals surface area contributed by atoms with Crippen LogP contribution < -0.4 is 10.2 Å². The predicted octanol–water partition coefficient (Wildman–Crippen LogP) is 4.88. The van der Waals surface area contributed by atoms with Crippen molar-refractivity contribution in [3.05, 3.63) is 70.8 Å². The molecule has 1 aliphatic rings. The van der Waals surface area contributed by atoms with Gasteiger partial charge in [-0.05, 0) is 29.8 Å². The summed E-state index contributed by atoms with van der Waals surface area (Å²) in [6.45, 7) is 3.65. The van der Waals surface area contributed by atoms with Crippen LogP contribution in [0.2, 0.25) is 0 Å². The Hall–Kier alpha value is -2.81. The number of aromatic nitrogens is 2. The van der Waals surface area contributed by atoms with Crippen molar-refractivity contribution in [2.24, 2.45) is 0 Å². The predicted molar refractivity (Wildman–Crippen MR) is 134 cm³/mol. The molecule has 8 heteroatoms. The van der Waals surface area contributed by atoms with Crippen molar-refractivity contribution in [3.63, 3.8) is 0 Å². The molecule has 0 spiro atoms. The van der Waals surface area contributed by atoms with E-state index in [0.29, 0.717) is 6.54 Å². The summed E-state index contributed by atoms with van der Waals surface area (Å²) < 4.78 is 0.992. The van der Waals surface area contributed by atoms with E-state index in [4.69, 9.17) is 0 Å². The van der Waals surface area contributed by atoms with Gasteiger partial charge in [0.15, 0.2) is 0 Å². The van der Waals surface area contributed by atoms with Crippen LogP contribution in [0.1, 0.15) is 0 Å². The Morgan fingerprint density at radius 1 is 1.00 bits per heavy atom. The minimum atomic E-state index is 0.00870. The van der Waals surface area contributed by atoms with E-state index < -0.39 is 0 Å². The first-order valence-electron chi connectivity index (χ1n) is 10.5. The van der Waals surface area contributed by atoms with Crippen LogP contribution in [0.3, 0.4) is 0 Å². The molecule has 32 heavy (non-hydrogen) atoms. The number of nitrogens with one attached hydrogen (secondary N) is 1. The lowest BCUT2D eigenvalue weighted by atomic mass is 10.1. The van der Waals surface area contributed by atoms with E-state index in [2.05, 4.69) is 70.7 Å². The maximum absolute atomic E-state index is 12.5. The Kier molecular flexibility index (Phi) is 6.16. The number of amides is 1. The van der Waals surface area contributed by atoms with Crippen molar-refractivity contribution in [3.8, 4) is 11.1 Å². The molecule has 162 valence electrons. The van der Waals surface area contributed by atoms with Gasteiger partial charge in [-0.2, -0.15) is 0 Å². The normalized spacial score (nSPS) is 14.6. The summed E-state index contributed by atoms with van der Waals surface area (Å²) in [5.41, 5.74) is 3.17. The molecule has 0 atom stereocenters. The van der Waals surface area contributed by atoms with Gasteiger partial charge in [0.2, 0.25) is 5.91 Å². The first-order chi connectivity index (χ1) is 15.7. The summed E-state index contributed by atoms with van der Waals surface area (Å²) in [6.07, 6.45) is 1.65. The van der Waals surface area contributed by atoms with Gasteiger partial charge in [-0.15, -0.1) is 11.3 Å². The molecular formula is C24H22BrN5OS. The maximum atomic E-state index is 12.5. The molecule has 6 nitrogen and oxygen atoms in total. The first kappa shape index (κ1) is 21.1. The fourth-order valence-corrected chi connectivity index (χ4v) is 5.16. The summed E-state index contributed by atoms with van der Waals surface area (Å²) in [5.74, 6) is 0.989. The SMILES string of the molecule is O=C(CN1CCN(c2ncnc3scc(-c4ccccc4)c23)CC1)Nc1ccc(Br)cc1. The van der Waals surface area contributed by atoms with Gasteiger partial charge in [-0.3, -0.25) is 9.69 Å². The maximum Gasteiger partial charge on any atom is 0.238 e.